The second-order valence-electron chi connectivity index (χ2n) is 4.51. The Labute approximate surface area is 114 Å². The molecule has 4 heteroatoms. The summed E-state index contributed by atoms with van der Waals surface area (Å²) in [5.41, 5.74) is 3.34. The average Bonchev–Trinajstić information content (AvgIpc) is 2.64. The third kappa shape index (κ3) is 3.47. The zero-order valence-electron chi connectivity index (χ0n) is 12.1. The summed E-state index contributed by atoms with van der Waals surface area (Å²) in [5, 5.41) is 11.7. The summed E-state index contributed by atoms with van der Waals surface area (Å²) in [7, 11) is 0. The molecule has 4 nitrogen and oxygen atoms in total. The molecule has 19 heavy (non-hydrogen) atoms. The van der Waals surface area contributed by atoms with Crippen molar-refractivity contribution in [1.82, 2.24) is 9.88 Å². The summed E-state index contributed by atoms with van der Waals surface area (Å²) >= 11 is 0. The fraction of sp³-hybridized carbons (Fsp3) is 0.467. The number of aryl methyl sites for hydroxylation is 1. The zero-order chi connectivity index (χ0) is 14.4. The highest BCUT2D eigenvalue weighted by atomic mass is 16.1. The Morgan fingerprint density at radius 3 is 2.68 bits per heavy atom. The van der Waals surface area contributed by atoms with Gasteiger partial charge in [0.05, 0.1) is 0 Å². The van der Waals surface area contributed by atoms with Gasteiger partial charge in [0.25, 0.3) is 5.91 Å². The van der Waals surface area contributed by atoms with E-state index in [1.165, 1.54) is 0 Å². The van der Waals surface area contributed by atoms with Gasteiger partial charge in [0.15, 0.2) is 0 Å². The van der Waals surface area contributed by atoms with Crippen molar-refractivity contribution in [3.05, 3.63) is 28.6 Å². The summed E-state index contributed by atoms with van der Waals surface area (Å²) in [4.78, 5) is 11.7. The number of hydrogen-bond donors (Lipinski definition) is 1. The zero-order valence-corrected chi connectivity index (χ0v) is 12.1. The first kappa shape index (κ1) is 15.0. The highest BCUT2D eigenvalue weighted by Crippen LogP contribution is 2.18. The van der Waals surface area contributed by atoms with Crippen molar-refractivity contribution >= 4 is 12.0 Å². The topological polar surface area (TPSA) is 57.8 Å². The number of nitriles is 1. The molecule has 0 saturated heterocycles. The normalized spacial score (nSPS) is 11.2. The summed E-state index contributed by atoms with van der Waals surface area (Å²) in [6.07, 6.45) is 2.72. The number of likely N-dealkylation sites (N-methyl/N-ethyl adjacent to an activating group) is 1. The molecule has 0 spiro atoms. The van der Waals surface area contributed by atoms with Crippen molar-refractivity contribution in [2.24, 2.45) is 0 Å². The van der Waals surface area contributed by atoms with Crippen LogP contribution >= 0.6 is 0 Å². The lowest BCUT2D eigenvalue weighted by atomic mass is 10.1. The van der Waals surface area contributed by atoms with Crippen LogP contribution < -0.4 is 5.32 Å². The van der Waals surface area contributed by atoms with Gasteiger partial charge in [-0.3, -0.25) is 4.79 Å². The minimum Gasteiger partial charge on any atom is -0.352 e. The Kier molecular flexibility index (Phi) is 5.37. The van der Waals surface area contributed by atoms with Crippen molar-refractivity contribution in [3.63, 3.8) is 0 Å². The number of amides is 1. The Balaban J connectivity index is 3.13. The fourth-order valence-electron chi connectivity index (χ4n) is 2.10. The van der Waals surface area contributed by atoms with Crippen LogP contribution in [0.1, 0.15) is 37.2 Å². The molecule has 0 atom stereocenters. The first-order chi connectivity index (χ1) is 9.04. The monoisotopic (exact) mass is 259 g/mol. The molecule has 1 N–H and O–H groups in total. The Bertz CT molecular complexity index is 532. The molecule has 0 bridgehead atoms. The number of rotatable bonds is 5. The molecule has 0 aliphatic rings. The Morgan fingerprint density at radius 1 is 1.47 bits per heavy atom. The van der Waals surface area contributed by atoms with Crippen LogP contribution in [0.25, 0.3) is 6.08 Å². The summed E-state index contributed by atoms with van der Waals surface area (Å²) in [6, 6.07) is 3.98. The quantitative estimate of drug-likeness (QED) is 0.652. The second kappa shape index (κ2) is 6.79. The molecule has 102 valence electrons. The third-order valence-electron chi connectivity index (χ3n) is 3.06. The van der Waals surface area contributed by atoms with Crippen LogP contribution in [0.15, 0.2) is 11.6 Å². The van der Waals surface area contributed by atoms with Gasteiger partial charge in [0.1, 0.15) is 11.6 Å². The minimum atomic E-state index is -0.315. The molecule has 1 amide bonds. The number of nitrogens with one attached hydrogen (secondary N) is 1. The van der Waals surface area contributed by atoms with E-state index in [0.29, 0.717) is 6.54 Å². The van der Waals surface area contributed by atoms with Crippen molar-refractivity contribution in [2.75, 3.05) is 6.54 Å². The maximum Gasteiger partial charge on any atom is 0.261 e. The molecule has 0 unspecified atom stereocenters. The number of nitrogens with zero attached hydrogens (tertiary/aromatic N) is 2. The first-order valence-corrected chi connectivity index (χ1v) is 6.61. The van der Waals surface area contributed by atoms with E-state index in [2.05, 4.69) is 16.8 Å². The molecule has 0 aromatic carbocycles. The number of hydrogen-bond acceptors (Lipinski definition) is 2. The number of aromatic nitrogens is 1. The van der Waals surface area contributed by atoms with E-state index < -0.39 is 0 Å². The van der Waals surface area contributed by atoms with Crippen LogP contribution in [0.4, 0.5) is 0 Å². The van der Waals surface area contributed by atoms with Crippen molar-refractivity contribution in [3.8, 4) is 6.07 Å². The number of carbonyl (C=O) groups excluding carboxylic acids is 1. The molecule has 1 rings (SSSR count). The lowest BCUT2D eigenvalue weighted by Gasteiger charge is -2.07. The fourth-order valence-corrected chi connectivity index (χ4v) is 2.10. The van der Waals surface area contributed by atoms with Gasteiger partial charge in [-0.05, 0) is 44.9 Å². The summed E-state index contributed by atoms with van der Waals surface area (Å²) in [6.45, 7) is 9.49. The van der Waals surface area contributed by atoms with Crippen molar-refractivity contribution in [2.45, 2.75) is 40.7 Å². The molecule has 1 aromatic rings. The van der Waals surface area contributed by atoms with Gasteiger partial charge in [-0.25, -0.2) is 0 Å². The van der Waals surface area contributed by atoms with Gasteiger partial charge in [-0.15, -0.1) is 0 Å². The standard InChI is InChI=1S/C15H21N3O/c1-5-7-18-11(3)8-13(12(18)4)9-14(10-16)15(19)17-6-2/h8-9H,5-7H2,1-4H3,(H,17,19). The molecule has 0 radical (unpaired) electrons. The number of carbonyl (C=O) groups is 1. The summed E-state index contributed by atoms with van der Waals surface area (Å²) in [5.74, 6) is -0.315. The van der Waals surface area contributed by atoms with E-state index >= 15 is 0 Å². The van der Waals surface area contributed by atoms with E-state index in [0.717, 1.165) is 29.9 Å². The lowest BCUT2D eigenvalue weighted by molar-refractivity contribution is -0.116. The molecule has 1 aromatic heterocycles. The molecule has 1 heterocycles. The summed E-state index contributed by atoms with van der Waals surface area (Å²) < 4.78 is 2.21. The van der Waals surface area contributed by atoms with E-state index in [9.17, 15) is 4.79 Å². The Hall–Kier alpha value is -2.02. The van der Waals surface area contributed by atoms with E-state index in [1.807, 2.05) is 32.9 Å². The van der Waals surface area contributed by atoms with Gasteiger partial charge in [0, 0.05) is 24.5 Å². The largest absolute Gasteiger partial charge is 0.352 e. The molecular weight excluding hydrogens is 238 g/mol. The highest BCUT2D eigenvalue weighted by molar-refractivity contribution is 6.01. The van der Waals surface area contributed by atoms with E-state index in [1.54, 1.807) is 6.08 Å². The van der Waals surface area contributed by atoms with Gasteiger partial charge in [-0.1, -0.05) is 6.92 Å². The molecule has 0 saturated carbocycles. The highest BCUT2D eigenvalue weighted by Gasteiger charge is 2.11. The SMILES string of the molecule is CCCn1c(C)cc(C=C(C#N)C(=O)NCC)c1C. The average molecular weight is 259 g/mol. The second-order valence-corrected chi connectivity index (χ2v) is 4.51. The van der Waals surface area contributed by atoms with Crippen LogP contribution in [-0.2, 0) is 11.3 Å². The van der Waals surface area contributed by atoms with Crippen molar-refractivity contribution in [1.29, 1.82) is 5.26 Å². The molecule has 0 fully saturated rings. The van der Waals surface area contributed by atoms with Crippen LogP contribution in [0, 0.1) is 25.2 Å². The maximum absolute atomic E-state index is 11.7. The van der Waals surface area contributed by atoms with Crippen LogP contribution in [-0.4, -0.2) is 17.0 Å². The van der Waals surface area contributed by atoms with Gasteiger partial charge < -0.3 is 9.88 Å². The van der Waals surface area contributed by atoms with Gasteiger partial charge >= 0.3 is 0 Å². The predicted octanol–water partition coefficient (Wildman–Crippen LogP) is 2.56. The molecule has 0 aliphatic carbocycles. The smallest absolute Gasteiger partial charge is 0.261 e. The lowest BCUT2D eigenvalue weighted by Crippen LogP contribution is -2.23. The minimum absolute atomic E-state index is 0.151. The van der Waals surface area contributed by atoms with E-state index in [4.69, 9.17) is 5.26 Å². The molecular formula is C15H21N3O. The Morgan fingerprint density at radius 2 is 2.16 bits per heavy atom. The first-order valence-electron chi connectivity index (χ1n) is 6.61. The van der Waals surface area contributed by atoms with Crippen LogP contribution in [0.2, 0.25) is 0 Å². The maximum atomic E-state index is 11.7. The van der Waals surface area contributed by atoms with Crippen molar-refractivity contribution < 1.29 is 4.79 Å². The third-order valence-corrected chi connectivity index (χ3v) is 3.06. The van der Waals surface area contributed by atoms with Crippen LogP contribution in [0.3, 0.4) is 0 Å². The van der Waals surface area contributed by atoms with E-state index in [-0.39, 0.29) is 11.5 Å². The van der Waals surface area contributed by atoms with Gasteiger partial charge in [-0.2, -0.15) is 5.26 Å². The molecule has 0 aliphatic heterocycles. The van der Waals surface area contributed by atoms with Gasteiger partial charge in [0.2, 0.25) is 0 Å². The van der Waals surface area contributed by atoms with Crippen LogP contribution in [0.5, 0.6) is 0 Å². The predicted molar refractivity (Wildman–Crippen MR) is 76.5 cm³/mol.